The van der Waals surface area contributed by atoms with Crippen molar-refractivity contribution in [3.63, 3.8) is 0 Å². The first-order chi connectivity index (χ1) is 13.5. The molecule has 1 fully saturated rings. The van der Waals surface area contributed by atoms with Gasteiger partial charge < -0.3 is 5.73 Å². The highest BCUT2D eigenvalue weighted by Crippen LogP contribution is 2.44. The molecule has 4 rings (SSSR count). The standard InChI is InChI=1S/C20H20BFN4S2/c1-11-8-21(10-23)4-3-14(11)16-7-17-20(27-16)26-19(28-17)12-5-13(9-25-2)18(24)15(22)6-12/h5-7,9,11,14H,3-4,8,24H2,1-2H3. The molecule has 2 atom stereocenters. The fourth-order valence-corrected chi connectivity index (χ4v) is 6.48. The second-order valence-electron chi connectivity index (χ2n) is 7.41. The Morgan fingerprint density at radius 3 is 2.89 bits per heavy atom. The molecule has 142 valence electrons. The van der Waals surface area contributed by atoms with Crippen LogP contribution in [0.4, 0.5) is 10.1 Å². The molecule has 8 heteroatoms. The largest absolute Gasteiger partial charge is 0.396 e. The van der Waals surface area contributed by atoms with Crippen molar-refractivity contribution < 1.29 is 4.39 Å². The number of nitrogens with zero attached hydrogens (tertiary/aromatic N) is 3. The van der Waals surface area contributed by atoms with E-state index in [4.69, 9.17) is 10.7 Å². The number of nitrogens with two attached hydrogens (primary N) is 1. The highest BCUT2D eigenvalue weighted by molar-refractivity contribution is 7.28. The molecule has 3 heterocycles. The van der Waals surface area contributed by atoms with Crippen LogP contribution in [0.25, 0.3) is 20.1 Å². The van der Waals surface area contributed by atoms with Crippen LogP contribution in [0, 0.1) is 23.0 Å². The van der Waals surface area contributed by atoms with Crippen molar-refractivity contribution >= 4 is 50.8 Å². The molecule has 1 aromatic carbocycles. The van der Waals surface area contributed by atoms with E-state index in [1.54, 1.807) is 35.9 Å². The number of benzene rings is 1. The van der Waals surface area contributed by atoms with E-state index in [0.29, 0.717) is 17.4 Å². The Hall–Kier alpha value is -2.24. The normalized spacial score (nSPS) is 20.1. The Balaban J connectivity index is 1.64. The summed E-state index contributed by atoms with van der Waals surface area (Å²) >= 11 is 3.30. The zero-order chi connectivity index (χ0) is 19.8. The number of hydrogen-bond acceptors (Lipinski definition) is 6. The minimum absolute atomic E-state index is 0.108. The number of fused-ring (bicyclic) bond motifs is 1. The molecular weight excluding hydrogens is 390 g/mol. The number of thiophene rings is 1. The minimum atomic E-state index is -0.449. The van der Waals surface area contributed by atoms with Crippen LogP contribution in [0.2, 0.25) is 12.6 Å². The van der Waals surface area contributed by atoms with Crippen molar-refractivity contribution in [2.75, 3.05) is 12.8 Å². The summed E-state index contributed by atoms with van der Waals surface area (Å²) in [4.78, 5) is 11.1. The van der Waals surface area contributed by atoms with E-state index < -0.39 is 5.82 Å². The molecular formula is C20H20BFN4S2. The number of thiazole rings is 1. The van der Waals surface area contributed by atoms with E-state index in [0.717, 1.165) is 39.2 Å². The number of anilines is 1. The summed E-state index contributed by atoms with van der Waals surface area (Å²) < 4.78 is 15.3. The average Bonchev–Trinajstić information content (AvgIpc) is 3.24. The lowest BCUT2D eigenvalue weighted by atomic mass is 9.39. The third-order valence-corrected chi connectivity index (χ3v) is 7.84. The maximum atomic E-state index is 14.2. The summed E-state index contributed by atoms with van der Waals surface area (Å²) in [6, 6.07) is 5.51. The van der Waals surface area contributed by atoms with E-state index in [9.17, 15) is 9.65 Å². The lowest BCUT2D eigenvalue weighted by molar-refractivity contribution is 0.468. The van der Waals surface area contributed by atoms with Crippen LogP contribution in [0.5, 0.6) is 0 Å². The van der Waals surface area contributed by atoms with Crippen LogP contribution in [0.3, 0.4) is 0 Å². The van der Waals surface area contributed by atoms with Gasteiger partial charge in [0.25, 0.3) is 6.71 Å². The molecule has 0 spiro atoms. The second-order valence-corrected chi connectivity index (χ2v) is 9.50. The lowest BCUT2D eigenvalue weighted by Crippen LogP contribution is -2.25. The Kier molecular flexibility index (Phi) is 5.22. The molecule has 0 bridgehead atoms. The second kappa shape index (κ2) is 7.65. The van der Waals surface area contributed by atoms with Crippen molar-refractivity contribution in [1.29, 1.82) is 5.26 Å². The van der Waals surface area contributed by atoms with Crippen LogP contribution in [0.15, 0.2) is 23.2 Å². The highest BCUT2D eigenvalue weighted by Gasteiger charge is 2.32. The van der Waals surface area contributed by atoms with Crippen molar-refractivity contribution in [3.05, 3.63) is 34.5 Å². The molecule has 1 aliphatic heterocycles. The van der Waals surface area contributed by atoms with Gasteiger partial charge in [-0.1, -0.05) is 26.0 Å². The summed E-state index contributed by atoms with van der Waals surface area (Å²) in [5, 5.41) is 9.97. The molecule has 0 saturated carbocycles. The number of hydrogen-bond donors (Lipinski definition) is 1. The Morgan fingerprint density at radius 1 is 1.39 bits per heavy atom. The number of aliphatic imine (C=N–C) groups is 1. The number of nitriles is 1. The van der Waals surface area contributed by atoms with E-state index in [1.165, 1.54) is 10.9 Å². The summed E-state index contributed by atoms with van der Waals surface area (Å²) in [5.41, 5.74) is 7.20. The van der Waals surface area contributed by atoms with Crippen LogP contribution in [0.1, 0.15) is 29.7 Å². The van der Waals surface area contributed by atoms with Crippen molar-refractivity contribution in [2.24, 2.45) is 10.9 Å². The number of aromatic nitrogens is 1. The average molecular weight is 410 g/mol. The number of rotatable bonds is 3. The molecule has 2 N–H and O–H groups in total. The van der Waals surface area contributed by atoms with E-state index in [1.807, 2.05) is 6.07 Å². The van der Waals surface area contributed by atoms with Crippen LogP contribution >= 0.6 is 22.7 Å². The molecule has 0 amide bonds. The summed E-state index contributed by atoms with van der Waals surface area (Å²) in [6.45, 7) is 2.44. The van der Waals surface area contributed by atoms with Gasteiger partial charge in [-0.05, 0) is 30.0 Å². The lowest BCUT2D eigenvalue weighted by Gasteiger charge is -2.29. The SMILES string of the molecule is CN=Cc1cc(-c2nc3sc(C4CCB(C#N)CC4C)cc3s2)cc(F)c1N. The third kappa shape index (κ3) is 3.45. The Labute approximate surface area is 172 Å². The Morgan fingerprint density at radius 2 is 2.21 bits per heavy atom. The molecule has 2 aromatic heterocycles. The zero-order valence-electron chi connectivity index (χ0n) is 15.8. The first-order valence-corrected chi connectivity index (χ1v) is 10.9. The highest BCUT2D eigenvalue weighted by atomic mass is 32.1. The van der Waals surface area contributed by atoms with Crippen molar-refractivity contribution in [1.82, 2.24) is 4.98 Å². The van der Waals surface area contributed by atoms with Crippen LogP contribution < -0.4 is 5.73 Å². The van der Waals surface area contributed by atoms with Gasteiger partial charge in [-0.2, -0.15) is 0 Å². The maximum absolute atomic E-state index is 14.2. The number of halogens is 1. The summed E-state index contributed by atoms with van der Waals surface area (Å²) in [7, 11) is 1.63. The van der Waals surface area contributed by atoms with Gasteiger partial charge in [0.2, 0.25) is 0 Å². The molecule has 2 unspecified atom stereocenters. The molecule has 1 aliphatic rings. The monoisotopic (exact) mass is 410 g/mol. The Bertz CT molecular complexity index is 1070. The smallest absolute Gasteiger partial charge is 0.268 e. The van der Waals surface area contributed by atoms with Gasteiger partial charge in [-0.3, -0.25) is 4.99 Å². The van der Waals surface area contributed by atoms with Gasteiger partial charge in [0.15, 0.2) is 0 Å². The van der Waals surface area contributed by atoms with Gasteiger partial charge in [0.05, 0.1) is 10.4 Å². The van der Waals surface area contributed by atoms with Gasteiger partial charge in [-0.25, -0.2) is 14.6 Å². The maximum Gasteiger partial charge on any atom is 0.268 e. The van der Waals surface area contributed by atoms with Crippen LogP contribution in [-0.4, -0.2) is 25.0 Å². The fourth-order valence-electron chi connectivity index (χ4n) is 4.00. The minimum Gasteiger partial charge on any atom is -0.396 e. The van der Waals surface area contributed by atoms with Gasteiger partial charge >= 0.3 is 0 Å². The fraction of sp³-hybridized carbons (Fsp3) is 0.350. The van der Waals surface area contributed by atoms with E-state index in [2.05, 4.69) is 24.0 Å². The molecule has 0 aliphatic carbocycles. The van der Waals surface area contributed by atoms with E-state index >= 15 is 0 Å². The first-order valence-electron chi connectivity index (χ1n) is 9.31. The quantitative estimate of drug-likeness (QED) is 0.353. The van der Waals surface area contributed by atoms with Gasteiger partial charge in [0.1, 0.15) is 15.7 Å². The molecule has 0 radical (unpaired) electrons. The predicted octanol–water partition coefficient (Wildman–Crippen LogP) is 5.48. The van der Waals surface area contributed by atoms with Gasteiger partial charge in [0, 0.05) is 35.2 Å². The predicted molar refractivity (Wildman–Crippen MR) is 118 cm³/mol. The van der Waals surface area contributed by atoms with Gasteiger partial charge in [-0.15, -0.1) is 22.7 Å². The molecule has 4 nitrogen and oxygen atoms in total. The molecule has 3 aromatic rings. The number of nitrogen functional groups attached to an aromatic ring is 1. The van der Waals surface area contributed by atoms with Crippen LogP contribution in [-0.2, 0) is 0 Å². The summed E-state index contributed by atoms with van der Waals surface area (Å²) in [6.07, 6.45) is 4.57. The van der Waals surface area contributed by atoms with Crippen molar-refractivity contribution in [3.8, 4) is 16.5 Å². The zero-order valence-corrected chi connectivity index (χ0v) is 17.4. The van der Waals surface area contributed by atoms with E-state index in [-0.39, 0.29) is 12.4 Å². The third-order valence-electron chi connectivity index (χ3n) is 5.50. The summed E-state index contributed by atoms with van der Waals surface area (Å²) in [5.74, 6) is 2.98. The topological polar surface area (TPSA) is 75.1 Å². The molecule has 28 heavy (non-hydrogen) atoms. The van der Waals surface area contributed by atoms with Crippen molar-refractivity contribution in [2.45, 2.75) is 31.9 Å². The first kappa shape index (κ1) is 19.1. The molecule has 1 saturated heterocycles.